The van der Waals surface area contributed by atoms with Crippen LogP contribution in [0.25, 0.3) is 11.1 Å². The van der Waals surface area contributed by atoms with E-state index in [4.69, 9.17) is 16.3 Å². The highest BCUT2D eigenvalue weighted by molar-refractivity contribution is 6.30. The fraction of sp³-hybridized carbons (Fsp3) is 0.231. The minimum atomic E-state index is -0.443. The summed E-state index contributed by atoms with van der Waals surface area (Å²) in [6.07, 6.45) is 0.881. The Labute approximate surface area is 181 Å². The number of rotatable bonds is 6. The lowest BCUT2D eigenvalue weighted by molar-refractivity contribution is -0.145. The van der Waals surface area contributed by atoms with Crippen molar-refractivity contribution in [3.05, 3.63) is 94.0 Å². The van der Waals surface area contributed by atoms with Crippen LogP contribution in [0.3, 0.4) is 0 Å². The summed E-state index contributed by atoms with van der Waals surface area (Å²) in [5.74, 6) is -1.01. The van der Waals surface area contributed by atoms with Crippen LogP contribution in [0.4, 0.5) is 0 Å². The molecule has 0 saturated heterocycles. The zero-order valence-electron chi connectivity index (χ0n) is 17.0. The summed E-state index contributed by atoms with van der Waals surface area (Å²) in [7, 11) is 0. The summed E-state index contributed by atoms with van der Waals surface area (Å²) in [5.41, 5.74) is 6.14. The highest BCUT2D eigenvalue weighted by atomic mass is 35.5. The Morgan fingerprint density at radius 1 is 0.933 bits per heavy atom. The molecule has 152 valence electrons. The summed E-state index contributed by atoms with van der Waals surface area (Å²) < 4.78 is 5.43. The fourth-order valence-corrected chi connectivity index (χ4v) is 4.20. The first-order valence-electron chi connectivity index (χ1n) is 10.1. The number of carbonyl (C=O) groups excluding carboxylic acids is 2. The molecule has 0 radical (unpaired) electrons. The molecule has 1 atom stereocenters. The Kier molecular flexibility index (Phi) is 5.74. The van der Waals surface area contributed by atoms with Crippen LogP contribution in [0.2, 0.25) is 5.02 Å². The van der Waals surface area contributed by atoms with Crippen LogP contribution in [0.1, 0.15) is 46.8 Å². The van der Waals surface area contributed by atoms with Crippen LogP contribution in [0, 0.1) is 5.92 Å². The number of hydrogen-bond acceptors (Lipinski definition) is 3. The topological polar surface area (TPSA) is 43.4 Å². The van der Waals surface area contributed by atoms with E-state index in [0.29, 0.717) is 10.6 Å². The molecule has 0 heterocycles. The minimum absolute atomic E-state index is 0.0327. The maximum Gasteiger partial charge on any atom is 0.314 e. The summed E-state index contributed by atoms with van der Waals surface area (Å²) in [4.78, 5) is 25.5. The van der Waals surface area contributed by atoms with Crippen LogP contribution in [0.5, 0.6) is 0 Å². The van der Waals surface area contributed by atoms with Gasteiger partial charge < -0.3 is 4.74 Å². The first-order chi connectivity index (χ1) is 14.4. The van der Waals surface area contributed by atoms with E-state index in [1.165, 1.54) is 16.7 Å². The van der Waals surface area contributed by atoms with Crippen molar-refractivity contribution in [1.29, 1.82) is 0 Å². The average molecular weight is 419 g/mol. The summed E-state index contributed by atoms with van der Waals surface area (Å²) in [6.45, 7) is 3.65. The first-order valence-corrected chi connectivity index (χ1v) is 10.5. The van der Waals surface area contributed by atoms with Gasteiger partial charge >= 0.3 is 5.97 Å². The predicted molar refractivity (Wildman–Crippen MR) is 119 cm³/mol. The van der Waals surface area contributed by atoms with Crippen molar-refractivity contribution in [2.45, 2.75) is 26.2 Å². The van der Waals surface area contributed by atoms with Crippen molar-refractivity contribution in [2.24, 2.45) is 5.92 Å². The molecule has 3 aromatic carbocycles. The lowest BCUT2D eigenvalue weighted by Crippen LogP contribution is -2.23. The van der Waals surface area contributed by atoms with Gasteiger partial charge in [0.15, 0.2) is 12.4 Å². The molecule has 0 saturated carbocycles. The molecule has 0 aliphatic heterocycles. The number of fused-ring (bicyclic) bond motifs is 3. The molecule has 3 nitrogen and oxygen atoms in total. The number of Topliss-reactive ketones (excluding diaryl/α,β-unsaturated/α-hetero) is 1. The molecule has 0 fully saturated rings. The molecule has 0 bridgehead atoms. The zero-order valence-corrected chi connectivity index (χ0v) is 17.8. The summed E-state index contributed by atoms with van der Waals surface area (Å²) >= 11 is 5.96. The predicted octanol–water partition coefficient (Wildman–Crippen LogP) is 6.08. The Morgan fingerprint density at radius 2 is 1.63 bits per heavy atom. The number of benzene rings is 3. The van der Waals surface area contributed by atoms with E-state index >= 15 is 0 Å². The van der Waals surface area contributed by atoms with Crippen molar-refractivity contribution in [3.8, 4) is 11.1 Å². The summed E-state index contributed by atoms with van der Waals surface area (Å²) in [5, 5.41) is 0.614. The third kappa shape index (κ3) is 4.03. The molecule has 1 aliphatic carbocycles. The molecule has 0 N–H and O–H groups in total. The van der Waals surface area contributed by atoms with Crippen LogP contribution in [-0.4, -0.2) is 18.4 Å². The summed E-state index contributed by atoms with van der Waals surface area (Å²) in [6, 6.07) is 21.1. The zero-order chi connectivity index (χ0) is 21.3. The van der Waals surface area contributed by atoms with Gasteiger partial charge in [0.05, 0.1) is 5.92 Å². The van der Waals surface area contributed by atoms with E-state index in [1.807, 2.05) is 56.3 Å². The number of ether oxygens (including phenoxy) is 1. The molecule has 0 unspecified atom stereocenters. The van der Waals surface area contributed by atoms with Crippen molar-refractivity contribution < 1.29 is 14.3 Å². The van der Waals surface area contributed by atoms with Gasteiger partial charge in [0.25, 0.3) is 0 Å². The van der Waals surface area contributed by atoms with Gasteiger partial charge in [-0.3, -0.25) is 9.59 Å². The van der Waals surface area contributed by atoms with E-state index < -0.39 is 11.9 Å². The molecule has 30 heavy (non-hydrogen) atoms. The Bertz CT molecular complexity index is 1100. The average Bonchev–Trinajstić information content (AvgIpc) is 3.11. The molecule has 4 rings (SSSR count). The highest BCUT2D eigenvalue weighted by Gasteiger charge is 2.27. The molecule has 0 aromatic heterocycles. The number of hydrogen-bond donors (Lipinski definition) is 0. The second kappa shape index (κ2) is 8.45. The quantitative estimate of drug-likeness (QED) is 0.281. The van der Waals surface area contributed by atoms with Crippen LogP contribution in [0.15, 0.2) is 66.7 Å². The minimum Gasteiger partial charge on any atom is -0.457 e. The van der Waals surface area contributed by atoms with Crippen LogP contribution < -0.4 is 0 Å². The maximum atomic E-state index is 12.7. The van der Waals surface area contributed by atoms with Gasteiger partial charge in [-0.25, -0.2) is 0 Å². The number of esters is 1. The normalized spacial score (nSPS) is 12.9. The first kappa shape index (κ1) is 20.4. The van der Waals surface area contributed by atoms with Gasteiger partial charge in [0, 0.05) is 10.6 Å². The second-order valence-electron chi connectivity index (χ2n) is 8.01. The van der Waals surface area contributed by atoms with Gasteiger partial charge in [-0.05, 0) is 58.4 Å². The smallest absolute Gasteiger partial charge is 0.314 e. The third-order valence-electron chi connectivity index (χ3n) is 5.62. The van der Waals surface area contributed by atoms with Crippen molar-refractivity contribution in [3.63, 3.8) is 0 Å². The highest BCUT2D eigenvalue weighted by Crippen LogP contribution is 2.37. The van der Waals surface area contributed by atoms with E-state index in [1.54, 1.807) is 12.1 Å². The Balaban J connectivity index is 1.47. The van der Waals surface area contributed by atoms with Gasteiger partial charge in [-0.2, -0.15) is 0 Å². The third-order valence-corrected chi connectivity index (χ3v) is 5.87. The number of ketones is 1. The fourth-order valence-electron chi connectivity index (χ4n) is 4.07. The monoisotopic (exact) mass is 418 g/mol. The van der Waals surface area contributed by atoms with Gasteiger partial charge in [-0.1, -0.05) is 74.0 Å². The lowest BCUT2D eigenvalue weighted by Gasteiger charge is -2.20. The van der Waals surface area contributed by atoms with Crippen molar-refractivity contribution >= 4 is 23.4 Å². The standard InChI is InChI=1S/C26H23ClO3/c1-16(2)25(17-9-11-21(27)12-10-17)26(29)30-15-24(28)20-8-7-19-13-18-5-3-4-6-22(18)23(19)14-20/h3-12,14,16,25H,13,15H2,1-2H3/t25-/m1/s1. The maximum absolute atomic E-state index is 12.7. The number of halogens is 1. The van der Waals surface area contributed by atoms with Crippen molar-refractivity contribution in [1.82, 2.24) is 0 Å². The molecule has 1 aliphatic rings. The van der Waals surface area contributed by atoms with E-state index in [2.05, 4.69) is 12.1 Å². The largest absolute Gasteiger partial charge is 0.457 e. The molecular weight excluding hydrogens is 396 g/mol. The molecule has 0 amide bonds. The Morgan fingerprint density at radius 3 is 2.37 bits per heavy atom. The Hall–Kier alpha value is -2.91. The van der Waals surface area contributed by atoms with Gasteiger partial charge in [0.2, 0.25) is 0 Å². The number of carbonyl (C=O) groups is 2. The van der Waals surface area contributed by atoms with Crippen LogP contribution >= 0.6 is 11.6 Å². The molecule has 4 heteroatoms. The van der Waals surface area contributed by atoms with E-state index in [0.717, 1.165) is 17.5 Å². The SMILES string of the molecule is CC(C)[C@@H](C(=O)OCC(=O)c1ccc2c(c1)-c1ccccc1C2)c1ccc(Cl)cc1. The van der Waals surface area contributed by atoms with Crippen LogP contribution in [-0.2, 0) is 16.0 Å². The second-order valence-corrected chi connectivity index (χ2v) is 8.45. The van der Waals surface area contributed by atoms with Crippen molar-refractivity contribution in [2.75, 3.05) is 6.61 Å². The lowest BCUT2D eigenvalue weighted by atomic mass is 9.88. The van der Waals surface area contributed by atoms with Gasteiger partial charge in [0.1, 0.15) is 0 Å². The molecule has 0 spiro atoms. The molecule has 3 aromatic rings. The molecular formula is C26H23ClO3. The van der Waals surface area contributed by atoms with E-state index in [-0.39, 0.29) is 18.3 Å². The van der Waals surface area contributed by atoms with Gasteiger partial charge in [-0.15, -0.1) is 0 Å². The van der Waals surface area contributed by atoms with E-state index in [9.17, 15) is 9.59 Å².